The van der Waals surface area contributed by atoms with Crippen molar-refractivity contribution in [3.05, 3.63) is 41.5 Å². The van der Waals surface area contributed by atoms with Crippen molar-refractivity contribution >= 4 is 18.0 Å². The largest absolute Gasteiger partial charge is 0.452 e. The summed E-state index contributed by atoms with van der Waals surface area (Å²) in [5.41, 5.74) is 1.37. The van der Waals surface area contributed by atoms with E-state index in [1.54, 1.807) is 30.3 Å². The molecular formula is C21H24N2O3. The van der Waals surface area contributed by atoms with Crippen LogP contribution in [0.2, 0.25) is 0 Å². The topological polar surface area (TPSA) is 70.4 Å². The van der Waals surface area contributed by atoms with Gasteiger partial charge in [0.25, 0.3) is 5.91 Å². The number of piperidine rings is 1. The molecule has 2 aliphatic rings. The molecule has 1 saturated carbocycles. The molecule has 136 valence electrons. The van der Waals surface area contributed by atoms with E-state index in [1.165, 1.54) is 31.8 Å². The molecule has 0 aromatic heterocycles. The zero-order valence-electron chi connectivity index (χ0n) is 14.9. The smallest absolute Gasteiger partial charge is 0.331 e. The molecule has 0 N–H and O–H groups in total. The van der Waals surface area contributed by atoms with Crippen LogP contribution >= 0.6 is 0 Å². The maximum Gasteiger partial charge on any atom is 0.331 e. The molecule has 2 atom stereocenters. The number of amides is 1. The highest BCUT2D eigenvalue weighted by molar-refractivity contribution is 5.89. The molecule has 1 aromatic rings. The Bertz CT molecular complexity index is 716. The molecule has 0 spiro atoms. The van der Waals surface area contributed by atoms with E-state index in [9.17, 15) is 9.59 Å². The summed E-state index contributed by atoms with van der Waals surface area (Å²) in [7, 11) is 0. The quantitative estimate of drug-likeness (QED) is 0.616. The number of likely N-dealkylation sites (tertiary alicyclic amines) is 1. The molecule has 5 nitrogen and oxygen atoms in total. The predicted molar refractivity (Wildman–Crippen MR) is 97.8 cm³/mol. The first kappa shape index (κ1) is 18.2. The zero-order chi connectivity index (χ0) is 18.4. The minimum absolute atomic E-state index is 0.0817. The van der Waals surface area contributed by atoms with Crippen LogP contribution in [-0.2, 0) is 14.3 Å². The molecule has 26 heavy (non-hydrogen) atoms. The van der Waals surface area contributed by atoms with E-state index in [2.05, 4.69) is 0 Å². The standard InChI is InChI=1S/C21H24N2O3/c22-14-17-9-7-16(8-10-17)11-12-21(25)26-15-20(24)23-13-3-5-18-4-1-2-6-19(18)23/h7-12,18-19H,1-6,13,15H2/b12-11+/t18-,19-/m0/s1. The highest BCUT2D eigenvalue weighted by atomic mass is 16.5. The first-order valence-electron chi connectivity index (χ1n) is 9.32. The van der Waals surface area contributed by atoms with Crippen LogP contribution in [0.1, 0.15) is 49.7 Å². The summed E-state index contributed by atoms with van der Waals surface area (Å²) < 4.78 is 5.13. The van der Waals surface area contributed by atoms with Gasteiger partial charge in [-0.05, 0) is 55.4 Å². The van der Waals surface area contributed by atoms with Gasteiger partial charge in [-0.1, -0.05) is 25.0 Å². The fourth-order valence-electron chi connectivity index (χ4n) is 4.03. The van der Waals surface area contributed by atoms with Crippen LogP contribution in [0.4, 0.5) is 0 Å². The highest BCUT2D eigenvalue weighted by Crippen LogP contribution is 2.35. The Morgan fingerprint density at radius 2 is 1.88 bits per heavy atom. The maximum atomic E-state index is 12.5. The van der Waals surface area contributed by atoms with E-state index >= 15 is 0 Å². The van der Waals surface area contributed by atoms with Gasteiger partial charge in [0.1, 0.15) is 0 Å². The lowest BCUT2D eigenvalue weighted by molar-refractivity contribution is -0.151. The Morgan fingerprint density at radius 1 is 1.15 bits per heavy atom. The van der Waals surface area contributed by atoms with E-state index in [0.717, 1.165) is 24.9 Å². The van der Waals surface area contributed by atoms with Crippen molar-refractivity contribution in [3.8, 4) is 6.07 Å². The maximum absolute atomic E-state index is 12.5. The third-order valence-electron chi connectivity index (χ3n) is 5.35. The van der Waals surface area contributed by atoms with Crippen LogP contribution in [0, 0.1) is 17.2 Å². The fourth-order valence-corrected chi connectivity index (χ4v) is 4.03. The Hall–Kier alpha value is -2.61. The molecule has 2 fully saturated rings. The predicted octanol–water partition coefficient (Wildman–Crippen LogP) is 3.30. The lowest BCUT2D eigenvalue weighted by Gasteiger charge is -2.44. The van der Waals surface area contributed by atoms with Gasteiger partial charge < -0.3 is 9.64 Å². The summed E-state index contributed by atoms with van der Waals surface area (Å²) in [6.07, 6.45) is 9.90. The number of ether oxygens (including phenoxy) is 1. The molecule has 3 rings (SSSR count). The number of rotatable bonds is 4. The van der Waals surface area contributed by atoms with Gasteiger partial charge in [0.15, 0.2) is 6.61 Å². The fraction of sp³-hybridized carbons (Fsp3) is 0.476. The van der Waals surface area contributed by atoms with Gasteiger partial charge in [-0.15, -0.1) is 0 Å². The van der Waals surface area contributed by atoms with Gasteiger partial charge in [-0.25, -0.2) is 4.79 Å². The van der Waals surface area contributed by atoms with E-state index in [4.69, 9.17) is 10.00 Å². The average Bonchev–Trinajstić information content (AvgIpc) is 2.70. The molecule has 1 saturated heterocycles. The monoisotopic (exact) mass is 352 g/mol. The molecule has 1 amide bonds. The van der Waals surface area contributed by atoms with Crippen LogP contribution < -0.4 is 0 Å². The van der Waals surface area contributed by atoms with E-state index in [-0.39, 0.29) is 12.5 Å². The van der Waals surface area contributed by atoms with Gasteiger partial charge >= 0.3 is 5.97 Å². The molecule has 0 unspecified atom stereocenters. The summed E-state index contributed by atoms with van der Waals surface area (Å²) in [6.45, 7) is 0.582. The molecule has 1 aliphatic carbocycles. The third-order valence-corrected chi connectivity index (χ3v) is 5.35. The number of hydrogen-bond donors (Lipinski definition) is 0. The Balaban J connectivity index is 1.49. The molecule has 1 heterocycles. The van der Waals surface area contributed by atoms with Crippen LogP contribution in [0.5, 0.6) is 0 Å². The second-order valence-electron chi connectivity index (χ2n) is 7.02. The SMILES string of the molecule is N#Cc1ccc(/C=C/C(=O)OCC(=O)N2CCC[C@@H]3CCCC[C@@H]32)cc1. The number of carbonyl (C=O) groups excluding carboxylic acids is 2. The number of nitrogens with zero attached hydrogens (tertiary/aromatic N) is 2. The third kappa shape index (κ3) is 4.51. The van der Waals surface area contributed by atoms with Crippen LogP contribution in [0.15, 0.2) is 30.3 Å². The minimum atomic E-state index is -0.528. The number of fused-ring (bicyclic) bond motifs is 1. The molecule has 1 aromatic carbocycles. The van der Waals surface area contributed by atoms with E-state index < -0.39 is 5.97 Å². The minimum Gasteiger partial charge on any atom is -0.452 e. The van der Waals surface area contributed by atoms with Gasteiger partial charge in [-0.2, -0.15) is 5.26 Å². The first-order valence-corrected chi connectivity index (χ1v) is 9.32. The molecule has 0 radical (unpaired) electrons. The lowest BCUT2D eigenvalue weighted by atomic mass is 9.78. The summed E-state index contributed by atoms with van der Waals surface area (Å²) in [5, 5.41) is 8.77. The van der Waals surface area contributed by atoms with E-state index in [1.807, 2.05) is 11.0 Å². The van der Waals surface area contributed by atoms with Gasteiger partial charge in [0.05, 0.1) is 11.6 Å². The zero-order valence-corrected chi connectivity index (χ0v) is 14.9. The number of benzene rings is 1. The van der Waals surface area contributed by atoms with Gasteiger partial charge in [0, 0.05) is 18.7 Å². The molecule has 5 heteroatoms. The van der Waals surface area contributed by atoms with Crippen molar-refractivity contribution in [1.82, 2.24) is 4.90 Å². The van der Waals surface area contributed by atoms with Crippen molar-refractivity contribution < 1.29 is 14.3 Å². The van der Waals surface area contributed by atoms with Crippen molar-refractivity contribution in [2.45, 2.75) is 44.6 Å². The number of nitriles is 1. The van der Waals surface area contributed by atoms with Crippen molar-refractivity contribution in [2.24, 2.45) is 5.92 Å². The van der Waals surface area contributed by atoms with Gasteiger partial charge in [-0.3, -0.25) is 4.79 Å². The normalized spacial score (nSPS) is 22.5. The second kappa shape index (κ2) is 8.66. The molecule has 0 bridgehead atoms. The van der Waals surface area contributed by atoms with Crippen molar-refractivity contribution in [1.29, 1.82) is 5.26 Å². The highest BCUT2D eigenvalue weighted by Gasteiger charge is 2.35. The van der Waals surface area contributed by atoms with Crippen LogP contribution in [-0.4, -0.2) is 36.0 Å². The number of esters is 1. The Kier molecular flexibility index (Phi) is 6.06. The second-order valence-corrected chi connectivity index (χ2v) is 7.02. The summed E-state index contributed by atoms with van der Waals surface area (Å²) in [5.74, 6) is 0.00932. The Morgan fingerprint density at radius 3 is 2.65 bits per heavy atom. The van der Waals surface area contributed by atoms with Crippen LogP contribution in [0.3, 0.4) is 0 Å². The van der Waals surface area contributed by atoms with Gasteiger partial charge in [0.2, 0.25) is 0 Å². The van der Waals surface area contributed by atoms with Crippen LogP contribution in [0.25, 0.3) is 6.08 Å². The summed E-state index contributed by atoms with van der Waals surface area (Å²) >= 11 is 0. The number of hydrogen-bond acceptors (Lipinski definition) is 4. The molecule has 1 aliphatic heterocycles. The Labute approximate surface area is 154 Å². The first-order chi connectivity index (χ1) is 12.7. The lowest BCUT2D eigenvalue weighted by Crippen LogP contribution is -2.50. The van der Waals surface area contributed by atoms with E-state index in [0.29, 0.717) is 17.5 Å². The number of carbonyl (C=O) groups is 2. The molecular weight excluding hydrogens is 328 g/mol. The average molecular weight is 352 g/mol. The van der Waals surface area contributed by atoms with Crippen molar-refractivity contribution in [3.63, 3.8) is 0 Å². The summed E-state index contributed by atoms with van der Waals surface area (Å²) in [4.78, 5) is 26.3. The summed E-state index contributed by atoms with van der Waals surface area (Å²) in [6, 6.07) is 9.26. The van der Waals surface area contributed by atoms with Crippen molar-refractivity contribution in [2.75, 3.05) is 13.2 Å².